The van der Waals surface area contributed by atoms with Crippen molar-refractivity contribution in [2.45, 2.75) is 51.5 Å². The Morgan fingerprint density at radius 2 is 1.84 bits per heavy atom. The Morgan fingerprint density at radius 3 is 2.37 bits per heavy atom. The number of nitro benzene ring substituents is 1. The van der Waals surface area contributed by atoms with Crippen LogP contribution >= 0.6 is 0 Å². The van der Waals surface area contributed by atoms with Gasteiger partial charge in [-0.3, -0.25) is 10.1 Å². The highest BCUT2D eigenvalue weighted by atomic mass is 16.6. The van der Waals surface area contributed by atoms with Crippen LogP contribution in [0.25, 0.3) is 0 Å². The second-order valence-corrected chi connectivity index (χ2v) is 5.95. The molecule has 0 aliphatic heterocycles. The lowest BCUT2D eigenvalue weighted by Gasteiger charge is -2.39. The Balaban J connectivity index is 2.01. The zero-order chi connectivity index (χ0) is 13.9. The lowest BCUT2D eigenvalue weighted by Crippen LogP contribution is -2.42. The maximum atomic E-state index is 10.6. The molecule has 0 spiro atoms. The van der Waals surface area contributed by atoms with Gasteiger partial charge in [0.15, 0.2) is 0 Å². The van der Waals surface area contributed by atoms with E-state index in [2.05, 4.69) is 6.92 Å². The summed E-state index contributed by atoms with van der Waals surface area (Å²) in [6.45, 7) is 2.28. The maximum Gasteiger partial charge on any atom is 0.269 e. The molecule has 0 saturated heterocycles. The normalized spacial score (nSPS) is 19.9. The zero-order valence-corrected chi connectivity index (χ0v) is 11.5. The Morgan fingerprint density at radius 1 is 1.26 bits per heavy atom. The fourth-order valence-electron chi connectivity index (χ4n) is 2.98. The maximum absolute atomic E-state index is 10.6. The third kappa shape index (κ3) is 3.32. The van der Waals surface area contributed by atoms with Crippen molar-refractivity contribution >= 4 is 5.69 Å². The summed E-state index contributed by atoms with van der Waals surface area (Å²) in [4.78, 5) is 10.2. The first-order valence-electron chi connectivity index (χ1n) is 7.00. The molecule has 1 aliphatic rings. The van der Waals surface area contributed by atoms with Gasteiger partial charge in [0, 0.05) is 18.2 Å². The first-order chi connectivity index (χ1) is 9.01. The fraction of sp³-hybridized carbons (Fsp3) is 0.600. The van der Waals surface area contributed by atoms with Crippen LogP contribution < -0.4 is 5.73 Å². The molecule has 1 aromatic rings. The molecule has 0 amide bonds. The van der Waals surface area contributed by atoms with Crippen LogP contribution in [0.2, 0.25) is 0 Å². The van der Waals surface area contributed by atoms with E-state index in [9.17, 15) is 10.1 Å². The molecule has 2 rings (SSSR count). The van der Waals surface area contributed by atoms with Crippen molar-refractivity contribution < 1.29 is 4.92 Å². The second-order valence-electron chi connectivity index (χ2n) is 5.95. The highest BCUT2D eigenvalue weighted by Gasteiger charge is 2.33. The minimum absolute atomic E-state index is 0.134. The molecule has 0 bridgehead atoms. The summed E-state index contributed by atoms with van der Waals surface area (Å²) in [6.07, 6.45) is 7.05. The van der Waals surface area contributed by atoms with E-state index in [-0.39, 0.29) is 22.1 Å². The summed E-state index contributed by atoms with van der Waals surface area (Å²) in [6, 6.07) is 6.90. The molecule has 0 radical (unpaired) electrons. The number of rotatable bonds is 4. The molecule has 0 aromatic heterocycles. The first-order valence-corrected chi connectivity index (χ1v) is 7.00. The lowest BCUT2D eigenvalue weighted by atomic mass is 9.69. The highest BCUT2D eigenvalue weighted by molar-refractivity contribution is 5.33. The number of benzene rings is 1. The predicted molar refractivity (Wildman–Crippen MR) is 76.0 cm³/mol. The smallest absolute Gasteiger partial charge is 0.269 e. The van der Waals surface area contributed by atoms with Gasteiger partial charge in [0.2, 0.25) is 0 Å². The molecule has 2 N–H and O–H groups in total. The average Bonchev–Trinajstić information content (AvgIpc) is 2.40. The van der Waals surface area contributed by atoms with E-state index in [0.29, 0.717) is 0 Å². The van der Waals surface area contributed by atoms with Gasteiger partial charge in [0.25, 0.3) is 5.69 Å². The number of non-ortho nitro benzene ring substituents is 1. The molecular formula is C15H22N2O2. The summed E-state index contributed by atoms with van der Waals surface area (Å²) in [5.41, 5.74) is 7.83. The molecule has 19 heavy (non-hydrogen) atoms. The fourth-order valence-corrected chi connectivity index (χ4v) is 2.98. The van der Waals surface area contributed by atoms with E-state index in [1.807, 2.05) is 12.1 Å². The molecule has 104 valence electrons. The molecule has 4 heteroatoms. The Kier molecular flexibility index (Phi) is 4.20. The van der Waals surface area contributed by atoms with Crippen LogP contribution in [0.5, 0.6) is 0 Å². The first kappa shape index (κ1) is 14.0. The van der Waals surface area contributed by atoms with Gasteiger partial charge in [-0.2, -0.15) is 0 Å². The van der Waals surface area contributed by atoms with E-state index in [0.717, 1.165) is 12.0 Å². The molecule has 1 aliphatic carbocycles. The summed E-state index contributed by atoms with van der Waals surface area (Å²) in [7, 11) is 0. The number of hydrogen-bond acceptors (Lipinski definition) is 3. The molecule has 1 fully saturated rings. The van der Waals surface area contributed by atoms with Crippen molar-refractivity contribution in [1.29, 1.82) is 0 Å². The topological polar surface area (TPSA) is 69.2 Å². The predicted octanol–water partition coefficient (Wildman–Crippen LogP) is 3.44. The van der Waals surface area contributed by atoms with E-state index >= 15 is 0 Å². The Labute approximate surface area is 114 Å². The van der Waals surface area contributed by atoms with Gasteiger partial charge in [-0.25, -0.2) is 0 Å². The van der Waals surface area contributed by atoms with E-state index in [4.69, 9.17) is 5.73 Å². The zero-order valence-electron chi connectivity index (χ0n) is 11.5. The number of nitrogens with two attached hydrogens (primary N) is 1. The summed E-state index contributed by atoms with van der Waals surface area (Å²) in [5, 5.41) is 10.6. The van der Waals surface area contributed by atoms with Crippen LogP contribution in [0.4, 0.5) is 5.69 Å². The lowest BCUT2D eigenvalue weighted by molar-refractivity contribution is -0.384. The van der Waals surface area contributed by atoms with Crippen molar-refractivity contribution in [1.82, 2.24) is 0 Å². The average molecular weight is 262 g/mol. The quantitative estimate of drug-likeness (QED) is 0.667. The van der Waals surface area contributed by atoms with Crippen LogP contribution in [-0.4, -0.2) is 11.0 Å². The Bertz CT molecular complexity index is 436. The van der Waals surface area contributed by atoms with Crippen LogP contribution in [0, 0.1) is 15.5 Å². The third-order valence-corrected chi connectivity index (χ3v) is 4.49. The molecule has 4 nitrogen and oxygen atoms in total. The highest BCUT2D eigenvalue weighted by Crippen LogP contribution is 2.39. The minimum Gasteiger partial charge on any atom is -0.327 e. The standard InChI is InChI=1S/C15H22N2O2/c1-15(9-3-2-4-10-15)14(16)11-12-5-7-13(8-6-12)17(18)19/h5-8,14H,2-4,9-11,16H2,1H3. The van der Waals surface area contributed by atoms with Crippen LogP contribution in [0.15, 0.2) is 24.3 Å². The SMILES string of the molecule is CC1(C(N)Cc2ccc([N+](=O)[O-])cc2)CCCCC1. The van der Waals surface area contributed by atoms with E-state index in [1.165, 1.54) is 32.1 Å². The van der Waals surface area contributed by atoms with Crippen LogP contribution in [0.1, 0.15) is 44.6 Å². The molecular weight excluding hydrogens is 240 g/mol. The monoisotopic (exact) mass is 262 g/mol. The number of nitro groups is 1. The van der Waals surface area contributed by atoms with Crippen LogP contribution in [-0.2, 0) is 6.42 Å². The van der Waals surface area contributed by atoms with Crippen molar-refractivity contribution in [3.8, 4) is 0 Å². The second kappa shape index (κ2) is 5.70. The van der Waals surface area contributed by atoms with Crippen molar-refractivity contribution in [3.63, 3.8) is 0 Å². The van der Waals surface area contributed by atoms with Crippen molar-refractivity contribution in [2.24, 2.45) is 11.1 Å². The van der Waals surface area contributed by atoms with Gasteiger partial charge in [0.1, 0.15) is 0 Å². The molecule has 1 saturated carbocycles. The molecule has 1 atom stereocenters. The number of nitrogens with zero attached hydrogens (tertiary/aromatic N) is 1. The van der Waals surface area contributed by atoms with Crippen molar-refractivity contribution in [2.75, 3.05) is 0 Å². The van der Waals surface area contributed by atoms with E-state index in [1.54, 1.807) is 12.1 Å². The van der Waals surface area contributed by atoms with Crippen molar-refractivity contribution in [3.05, 3.63) is 39.9 Å². The summed E-state index contributed by atoms with van der Waals surface area (Å²) < 4.78 is 0. The van der Waals surface area contributed by atoms with Gasteiger partial charge in [-0.15, -0.1) is 0 Å². The Hall–Kier alpha value is -1.42. The van der Waals surface area contributed by atoms with Gasteiger partial charge < -0.3 is 5.73 Å². The van der Waals surface area contributed by atoms with Gasteiger partial charge in [-0.1, -0.05) is 38.3 Å². The van der Waals surface area contributed by atoms with Gasteiger partial charge >= 0.3 is 0 Å². The van der Waals surface area contributed by atoms with Gasteiger partial charge in [-0.05, 0) is 30.2 Å². The molecule has 1 unspecified atom stereocenters. The molecule has 1 aromatic carbocycles. The van der Waals surface area contributed by atoms with E-state index < -0.39 is 0 Å². The van der Waals surface area contributed by atoms with Crippen LogP contribution in [0.3, 0.4) is 0 Å². The summed E-state index contributed by atoms with van der Waals surface area (Å²) in [5.74, 6) is 0. The third-order valence-electron chi connectivity index (χ3n) is 4.49. The van der Waals surface area contributed by atoms with Gasteiger partial charge in [0.05, 0.1) is 4.92 Å². The molecule has 0 heterocycles. The minimum atomic E-state index is -0.369. The number of hydrogen-bond donors (Lipinski definition) is 1. The summed E-state index contributed by atoms with van der Waals surface area (Å²) >= 11 is 0. The largest absolute Gasteiger partial charge is 0.327 e.